The number of carbonyl (C=O) groups is 3. The number of amides is 4. The van der Waals surface area contributed by atoms with Gasteiger partial charge in [0.05, 0.1) is 5.56 Å². The van der Waals surface area contributed by atoms with Gasteiger partial charge in [0.25, 0.3) is 5.91 Å². The monoisotopic (exact) mass is 377 g/mol. The van der Waals surface area contributed by atoms with E-state index >= 15 is 0 Å². The number of nitrogens with one attached hydrogen (secondary N) is 4. The lowest BCUT2D eigenvalue weighted by Gasteiger charge is -2.09. The Bertz CT molecular complexity index is 1010. The molecule has 6 N–H and O–H groups in total. The van der Waals surface area contributed by atoms with Crippen LogP contribution in [0.1, 0.15) is 17.3 Å². The van der Waals surface area contributed by atoms with Crippen LogP contribution in [0.25, 0.3) is 11.1 Å². The number of rotatable bonds is 5. The summed E-state index contributed by atoms with van der Waals surface area (Å²) < 4.78 is 0. The molecule has 0 saturated heterocycles. The third-order valence-corrected chi connectivity index (χ3v) is 3.91. The lowest BCUT2D eigenvalue weighted by molar-refractivity contribution is -0.114. The third kappa shape index (κ3) is 4.36. The predicted octanol–water partition coefficient (Wildman–Crippen LogP) is 3.38. The Labute approximate surface area is 161 Å². The van der Waals surface area contributed by atoms with E-state index in [1.54, 1.807) is 42.6 Å². The average molecular weight is 377 g/mol. The first-order valence-corrected chi connectivity index (χ1v) is 8.46. The van der Waals surface area contributed by atoms with E-state index < -0.39 is 5.91 Å². The largest absolute Gasteiger partial charge is 0.365 e. The number of aromatic amines is 1. The molecular formula is C20H19N5O3. The zero-order valence-electron chi connectivity index (χ0n) is 15.1. The van der Waals surface area contributed by atoms with Crippen LogP contribution in [0, 0.1) is 0 Å². The number of primary amides is 1. The molecule has 4 amide bonds. The van der Waals surface area contributed by atoms with Gasteiger partial charge in [-0.3, -0.25) is 9.59 Å². The Morgan fingerprint density at radius 1 is 0.857 bits per heavy atom. The first kappa shape index (κ1) is 18.7. The van der Waals surface area contributed by atoms with Gasteiger partial charge in [-0.2, -0.15) is 0 Å². The van der Waals surface area contributed by atoms with E-state index in [9.17, 15) is 14.4 Å². The normalized spacial score (nSPS) is 10.2. The maximum atomic E-state index is 12.1. The number of carbonyl (C=O) groups excluding carboxylic acids is 3. The van der Waals surface area contributed by atoms with Crippen molar-refractivity contribution in [2.24, 2.45) is 5.73 Å². The molecule has 0 atom stereocenters. The van der Waals surface area contributed by atoms with Crippen molar-refractivity contribution in [1.29, 1.82) is 0 Å². The highest BCUT2D eigenvalue weighted by molar-refractivity contribution is 6.07. The molecule has 2 aromatic carbocycles. The average Bonchev–Trinajstić information content (AvgIpc) is 3.06. The van der Waals surface area contributed by atoms with Crippen LogP contribution in [-0.2, 0) is 4.79 Å². The van der Waals surface area contributed by atoms with Crippen molar-refractivity contribution in [2.75, 3.05) is 16.0 Å². The van der Waals surface area contributed by atoms with Crippen LogP contribution >= 0.6 is 0 Å². The van der Waals surface area contributed by atoms with Gasteiger partial charge in [-0.1, -0.05) is 30.3 Å². The fraction of sp³-hybridized carbons (Fsp3) is 0.0500. The van der Waals surface area contributed by atoms with E-state index in [1.165, 1.54) is 6.92 Å². The van der Waals surface area contributed by atoms with Crippen LogP contribution < -0.4 is 21.7 Å². The first-order valence-electron chi connectivity index (χ1n) is 8.46. The molecule has 0 unspecified atom stereocenters. The van der Waals surface area contributed by atoms with Crippen molar-refractivity contribution in [2.45, 2.75) is 6.92 Å². The highest BCUT2D eigenvalue weighted by Crippen LogP contribution is 2.30. The zero-order valence-corrected chi connectivity index (χ0v) is 15.1. The van der Waals surface area contributed by atoms with Gasteiger partial charge in [0.15, 0.2) is 0 Å². The molecule has 8 heteroatoms. The van der Waals surface area contributed by atoms with E-state index in [4.69, 9.17) is 5.73 Å². The van der Waals surface area contributed by atoms with Crippen molar-refractivity contribution < 1.29 is 14.4 Å². The Morgan fingerprint density at radius 3 is 2.04 bits per heavy atom. The molecule has 28 heavy (non-hydrogen) atoms. The van der Waals surface area contributed by atoms with Crippen LogP contribution in [0.15, 0.2) is 60.8 Å². The standard InChI is InChI=1S/C20H19N5O3/c1-12(26)23-19-17(18(21)27)16(11-22-19)13-7-9-15(10-8-13)25-20(28)24-14-5-3-2-4-6-14/h2-11,22H,1H3,(H2,21,27)(H,23,26)(H2,24,25,28). The van der Waals surface area contributed by atoms with Gasteiger partial charge in [0.2, 0.25) is 5.91 Å². The minimum absolute atomic E-state index is 0.192. The summed E-state index contributed by atoms with van der Waals surface area (Å²) in [5, 5.41) is 8.00. The van der Waals surface area contributed by atoms with E-state index in [-0.39, 0.29) is 23.3 Å². The van der Waals surface area contributed by atoms with E-state index in [0.29, 0.717) is 22.5 Å². The molecule has 3 rings (SSSR count). The van der Waals surface area contributed by atoms with Crippen molar-refractivity contribution in [1.82, 2.24) is 4.98 Å². The fourth-order valence-electron chi connectivity index (χ4n) is 2.73. The van der Waals surface area contributed by atoms with E-state index in [2.05, 4.69) is 20.9 Å². The summed E-state index contributed by atoms with van der Waals surface area (Å²) in [6.45, 7) is 1.34. The number of para-hydroxylation sites is 1. The molecule has 3 aromatic rings. The minimum Gasteiger partial charge on any atom is -0.365 e. The molecule has 1 heterocycles. The summed E-state index contributed by atoms with van der Waals surface area (Å²) in [5.74, 6) is -0.733. The number of aromatic nitrogens is 1. The molecule has 1 aromatic heterocycles. The number of hydrogen-bond acceptors (Lipinski definition) is 3. The topological polar surface area (TPSA) is 129 Å². The Hall–Kier alpha value is -4.07. The third-order valence-electron chi connectivity index (χ3n) is 3.91. The Balaban J connectivity index is 1.76. The summed E-state index contributed by atoms with van der Waals surface area (Å²) in [5.41, 5.74) is 8.18. The van der Waals surface area contributed by atoms with Gasteiger partial charge in [0.1, 0.15) is 5.82 Å². The molecule has 0 bridgehead atoms. The number of hydrogen-bond donors (Lipinski definition) is 5. The highest BCUT2D eigenvalue weighted by atomic mass is 16.2. The fourth-order valence-corrected chi connectivity index (χ4v) is 2.73. The van der Waals surface area contributed by atoms with Crippen molar-refractivity contribution in [3.63, 3.8) is 0 Å². The second kappa shape index (κ2) is 8.09. The SMILES string of the molecule is CC(=O)Nc1[nH]cc(-c2ccc(NC(=O)Nc3ccccc3)cc2)c1C(N)=O. The van der Waals surface area contributed by atoms with Crippen molar-refractivity contribution >= 4 is 35.0 Å². The second-order valence-corrected chi connectivity index (χ2v) is 6.02. The molecule has 0 aliphatic rings. The van der Waals surface area contributed by atoms with Gasteiger partial charge in [-0.05, 0) is 29.8 Å². The molecule has 0 saturated carbocycles. The van der Waals surface area contributed by atoms with E-state index in [0.717, 1.165) is 0 Å². The summed E-state index contributed by atoms with van der Waals surface area (Å²) in [4.78, 5) is 38.0. The molecule has 0 aliphatic heterocycles. The minimum atomic E-state index is -0.663. The van der Waals surface area contributed by atoms with Crippen LogP contribution in [0.3, 0.4) is 0 Å². The van der Waals surface area contributed by atoms with E-state index in [1.807, 2.05) is 18.2 Å². The number of nitrogens with two attached hydrogens (primary N) is 1. The quantitative estimate of drug-likeness (QED) is 0.467. The molecule has 0 fully saturated rings. The predicted molar refractivity (Wildman–Crippen MR) is 108 cm³/mol. The van der Waals surface area contributed by atoms with Crippen LogP contribution in [0.5, 0.6) is 0 Å². The van der Waals surface area contributed by atoms with Gasteiger partial charge >= 0.3 is 6.03 Å². The Kier molecular flexibility index (Phi) is 5.40. The summed E-state index contributed by atoms with van der Waals surface area (Å²) in [6.07, 6.45) is 1.59. The molecule has 8 nitrogen and oxygen atoms in total. The second-order valence-electron chi connectivity index (χ2n) is 6.02. The zero-order chi connectivity index (χ0) is 20.1. The first-order chi connectivity index (χ1) is 13.4. The van der Waals surface area contributed by atoms with Crippen LogP contribution in [0.2, 0.25) is 0 Å². The molecular weight excluding hydrogens is 358 g/mol. The lowest BCUT2D eigenvalue weighted by atomic mass is 10.0. The van der Waals surface area contributed by atoms with Crippen molar-refractivity contribution in [3.05, 3.63) is 66.4 Å². The number of H-pyrrole nitrogens is 1. The van der Waals surface area contributed by atoms with Gasteiger partial charge < -0.3 is 26.7 Å². The summed E-state index contributed by atoms with van der Waals surface area (Å²) >= 11 is 0. The van der Waals surface area contributed by atoms with Gasteiger partial charge in [0, 0.05) is 30.1 Å². The lowest BCUT2D eigenvalue weighted by Crippen LogP contribution is -2.19. The smallest absolute Gasteiger partial charge is 0.323 e. The summed E-state index contributed by atoms with van der Waals surface area (Å²) in [7, 11) is 0. The maximum absolute atomic E-state index is 12.1. The molecule has 0 spiro atoms. The number of anilines is 3. The Morgan fingerprint density at radius 2 is 1.46 bits per heavy atom. The van der Waals surface area contributed by atoms with Gasteiger partial charge in [-0.15, -0.1) is 0 Å². The molecule has 0 radical (unpaired) electrons. The highest BCUT2D eigenvalue weighted by Gasteiger charge is 2.18. The molecule has 0 aliphatic carbocycles. The van der Waals surface area contributed by atoms with Crippen molar-refractivity contribution in [3.8, 4) is 11.1 Å². The van der Waals surface area contributed by atoms with Crippen LogP contribution in [0.4, 0.5) is 22.0 Å². The maximum Gasteiger partial charge on any atom is 0.323 e. The summed E-state index contributed by atoms with van der Waals surface area (Å²) in [6, 6.07) is 15.6. The van der Waals surface area contributed by atoms with Gasteiger partial charge in [-0.25, -0.2) is 4.79 Å². The number of benzene rings is 2. The molecule has 142 valence electrons. The number of urea groups is 1. The van der Waals surface area contributed by atoms with Crippen LogP contribution in [-0.4, -0.2) is 22.8 Å².